The van der Waals surface area contributed by atoms with Crippen LogP contribution in [0, 0.1) is 6.92 Å². The van der Waals surface area contributed by atoms with E-state index in [0.29, 0.717) is 19.3 Å². The molecule has 6 heteroatoms. The quantitative estimate of drug-likeness (QED) is 0.628. The highest BCUT2D eigenvalue weighted by atomic mass is 16.5. The summed E-state index contributed by atoms with van der Waals surface area (Å²) in [5, 5.41) is 4.45. The van der Waals surface area contributed by atoms with E-state index < -0.39 is 0 Å². The molecule has 6 nitrogen and oxygen atoms in total. The highest BCUT2D eigenvalue weighted by molar-refractivity contribution is 5.35. The van der Waals surface area contributed by atoms with Gasteiger partial charge in [-0.3, -0.25) is 4.90 Å². The summed E-state index contributed by atoms with van der Waals surface area (Å²) in [7, 11) is 1.71. The second-order valence-electron chi connectivity index (χ2n) is 8.51. The van der Waals surface area contributed by atoms with E-state index in [1.54, 1.807) is 7.11 Å². The molecule has 1 aromatic heterocycles. The van der Waals surface area contributed by atoms with Crippen molar-refractivity contribution in [2.45, 2.75) is 63.5 Å². The molecule has 29 heavy (non-hydrogen) atoms. The molecule has 0 atom stereocenters. The maximum atomic E-state index is 5.86. The summed E-state index contributed by atoms with van der Waals surface area (Å²) in [6, 6.07) is 8.86. The van der Waals surface area contributed by atoms with Gasteiger partial charge in [0.25, 0.3) is 0 Å². The van der Waals surface area contributed by atoms with Gasteiger partial charge in [0.05, 0.1) is 31.3 Å². The Morgan fingerprint density at radius 2 is 1.83 bits per heavy atom. The van der Waals surface area contributed by atoms with Crippen LogP contribution in [0.3, 0.4) is 0 Å². The molecule has 2 fully saturated rings. The van der Waals surface area contributed by atoms with Crippen LogP contribution in [0.2, 0.25) is 0 Å². The van der Waals surface area contributed by atoms with Crippen LogP contribution < -0.4 is 0 Å². The number of nitrogens with zero attached hydrogens (tertiary/aromatic N) is 3. The van der Waals surface area contributed by atoms with E-state index >= 15 is 0 Å². The highest BCUT2D eigenvalue weighted by Gasteiger charge is 2.41. The largest absolute Gasteiger partial charge is 0.382 e. The molecule has 0 unspecified atom stereocenters. The molecule has 1 saturated heterocycles. The summed E-state index contributed by atoms with van der Waals surface area (Å²) in [5.41, 5.74) is 2.52. The van der Waals surface area contributed by atoms with E-state index in [-0.39, 0.29) is 5.41 Å². The summed E-state index contributed by atoms with van der Waals surface area (Å²) in [4.78, 5) is 7.26. The number of rotatable bonds is 8. The van der Waals surface area contributed by atoms with E-state index in [2.05, 4.69) is 41.2 Å². The second-order valence-corrected chi connectivity index (χ2v) is 8.51. The monoisotopic (exact) mass is 399 g/mol. The third-order valence-corrected chi connectivity index (χ3v) is 6.49. The van der Waals surface area contributed by atoms with Crippen molar-refractivity contribution >= 4 is 0 Å². The summed E-state index contributed by atoms with van der Waals surface area (Å²) < 4.78 is 16.6. The first kappa shape index (κ1) is 20.5. The van der Waals surface area contributed by atoms with Gasteiger partial charge in [-0.05, 0) is 38.2 Å². The minimum Gasteiger partial charge on any atom is -0.382 e. The van der Waals surface area contributed by atoms with Gasteiger partial charge in [0.2, 0.25) is 5.89 Å². The molecule has 0 amide bonds. The Hall–Kier alpha value is -1.76. The average molecular weight is 400 g/mol. The lowest BCUT2D eigenvalue weighted by Crippen LogP contribution is -2.37. The Balaban J connectivity index is 1.38. The van der Waals surface area contributed by atoms with Gasteiger partial charge in [0.15, 0.2) is 5.82 Å². The molecular weight excluding hydrogens is 366 g/mol. The van der Waals surface area contributed by atoms with E-state index in [1.165, 1.54) is 24.0 Å². The summed E-state index contributed by atoms with van der Waals surface area (Å²) >= 11 is 0. The van der Waals surface area contributed by atoms with Crippen molar-refractivity contribution in [2.24, 2.45) is 0 Å². The molecule has 2 aliphatic rings. The van der Waals surface area contributed by atoms with Crippen molar-refractivity contribution in [3.05, 3.63) is 47.1 Å². The zero-order valence-corrected chi connectivity index (χ0v) is 17.7. The number of ether oxygens (including phenoxy) is 2. The van der Waals surface area contributed by atoms with Gasteiger partial charge in [-0.25, -0.2) is 0 Å². The number of likely N-dealkylation sites (tertiary alicyclic amines) is 1. The molecule has 0 N–H and O–H groups in total. The first-order valence-corrected chi connectivity index (χ1v) is 10.9. The van der Waals surface area contributed by atoms with Gasteiger partial charge in [0.1, 0.15) is 0 Å². The average Bonchev–Trinajstić information content (AvgIpc) is 3.41. The number of aromatic nitrogens is 2. The fourth-order valence-electron chi connectivity index (χ4n) is 4.73. The maximum Gasteiger partial charge on any atom is 0.240 e. The molecule has 0 radical (unpaired) electrons. The lowest BCUT2D eigenvalue weighted by atomic mass is 9.78. The Bertz CT molecular complexity index is 760. The lowest BCUT2D eigenvalue weighted by molar-refractivity contribution is -0.0170. The van der Waals surface area contributed by atoms with Gasteiger partial charge in [-0.15, -0.1) is 0 Å². The molecule has 0 bridgehead atoms. The standard InChI is InChI=1S/C23H33N3O3/c1-18-5-7-19(8-6-18)23(11-3-4-12-23)22-24-21(29-25-22)17-26-13-9-20(10-14-26)28-16-15-27-2/h5-8,20H,3-4,9-17H2,1-2H3. The van der Waals surface area contributed by atoms with E-state index in [4.69, 9.17) is 19.0 Å². The third kappa shape index (κ3) is 4.71. The van der Waals surface area contributed by atoms with Crippen molar-refractivity contribution in [1.82, 2.24) is 15.0 Å². The van der Waals surface area contributed by atoms with Crippen LogP contribution in [0.1, 0.15) is 61.4 Å². The van der Waals surface area contributed by atoms with Crippen molar-refractivity contribution in [3.63, 3.8) is 0 Å². The number of hydrogen-bond donors (Lipinski definition) is 0. The maximum absolute atomic E-state index is 5.86. The van der Waals surface area contributed by atoms with Crippen molar-refractivity contribution in [3.8, 4) is 0 Å². The predicted octanol–water partition coefficient (Wildman–Crippen LogP) is 3.87. The third-order valence-electron chi connectivity index (χ3n) is 6.49. The van der Waals surface area contributed by atoms with Crippen molar-refractivity contribution in [1.29, 1.82) is 0 Å². The molecule has 2 heterocycles. The smallest absolute Gasteiger partial charge is 0.240 e. The minimum atomic E-state index is -0.0857. The number of methoxy groups -OCH3 is 1. The molecule has 1 aromatic carbocycles. The van der Waals surface area contributed by atoms with Crippen LogP contribution in [-0.4, -0.2) is 54.6 Å². The van der Waals surface area contributed by atoms with Crippen LogP contribution in [0.25, 0.3) is 0 Å². The van der Waals surface area contributed by atoms with Gasteiger partial charge >= 0.3 is 0 Å². The first-order valence-electron chi connectivity index (χ1n) is 10.9. The summed E-state index contributed by atoms with van der Waals surface area (Å²) in [5.74, 6) is 1.60. The fraction of sp³-hybridized carbons (Fsp3) is 0.652. The van der Waals surface area contributed by atoms with E-state index in [9.17, 15) is 0 Å². The first-order chi connectivity index (χ1) is 14.2. The Morgan fingerprint density at radius 3 is 2.52 bits per heavy atom. The van der Waals surface area contributed by atoms with E-state index in [0.717, 1.165) is 57.0 Å². The predicted molar refractivity (Wildman–Crippen MR) is 111 cm³/mol. The zero-order valence-electron chi connectivity index (χ0n) is 17.7. The molecule has 0 spiro atoms. The summed E-state index contributed by atoms with van der Waals surface area (Å²) in [6.45, 7) is 6.19. The van der Waals surface area contributed by atoms with E-state index in [1.807, 2.05) is 0 Å². The zero-order chi connectivity index (χ0) is 20.1. The minimum absolute atomic E-state index is 0.0857. The van der Waals surface area contributed by atoms with Gasteiger partial charge in [-0.2, -0.15) is 4.98 Å². The van der Waals surface area contributed by atoms with Crippen molar-refractivity contribution < 1.29 is 14.0 Å². The van der Waals surface area contributed by atoms with Crippen LogP contribution >= 0.6 is 0 Å². The van der Waals surface area contributed by atoms with Gasteiger partial charge < -0.3 is 14.0 Å². The Labute approximate surface area is 173 Å². The number of aryl methyl sites for hydroxylation is 1. The van der Waals surface area contributed by atoms with Gasteiger partial charge in [-0.1, -0.05) is 47.8 Å². The molecular formula is C23H33N3O3. The Kier molecular flexibility index (Phi) is 6.63. The normalized spacial score (nSPS) is 20.3. The number of piperidine rings is 1. The molecule has 1 saturated carbocycles. The molecule has 1 aliphatic heterocycles. The lowest BCUT2D eigenvalue weighted by Gasteiger charge is -2.30. The number of benzene rings is 1. The molecule has 4 rings (SSSR count). The molecule has 2 aromatic rings. The van der Waals surface area contributed by atoms with Crippen LogP contribution in [0.5, 0.6) is 0 Å². The number of hydrogen-bond acceptors (Lipinski definition) is 6. The van der Waals surface area contributed by atoms with Crippen LogP contribution in [-0.2, 0) is 21.4 Å². The van der Waals surface area contributed by atoms with Crippen LogP contribution in [0.15, 0.2) is 28.8 Å². The van der Waals surface area contributed by atoms with Gasteiger partial charge in [0, 0.05) is 20.2 Å². The Morgan fingerprint density at radius 1 is 1.10 bits per heavy atom. The fourth-order valence-corrected chi connectivity index (χ4v) is 4.73. The molecule has 158 valence electrons. The SMILES string of the molecule is COCCOC1CCN(Cc2nc(C3(c4ccc(C)cc4)CCCC3)no2)CC1. The molecule has 1 aliphatic carbocycles. The summed E-state index contributed by atoms with van der Waals surface area (Å²) in [6.07, 6.45) is 7.04. The topological polar surface area (TPSA) is 60.6 Å². The second kappa shape index (κ2) is 9.37. The van der Waals surface area contributed by atoms with Crippen LogP contribution in [0.4, 0.5) is 0 Å². The van der Waals surface area contributed by atoms with Crippen molar-refractivity contribution in [2.75, 3.05) is 33.4 Å². The highest BCUT2D eigenvalue weighted by Crippen LogP contribution is 2.45.